The molecule has 0 spiro atoms. The van der Waals surface area contributed by atoms with E-state index in [1.165, 1.54) is 6.92 Å². The Hall–Kier alpha value is -0.950. The van der Waals surface area contributed by atoms with E-state index in [2.05, 4.69) is 17.9 Å². The average molecular weight is 227 g/mol. The first kappa shape index (κ1) is 13.1. The topological polar surface area (TPSA) is 66.4 Å². The van der Waals surface area contributed by atoms with Crippen molar-refractivity contribution in [1.29, 1.82) is 0 Å². The second-order valence-electron chi connectivity index (χ2n) is 2.58. The summed E-state index contributed by atoms with van der Waals surface area (Å²) in [4.78, 5) is 0. The number of alkyl halides is 2. The highest BCUT2D eigenvalue weighted by molar-refractivity contribution is 7.86. The Bertz CT molecular complexity index is 345. The van der Waals surface area contributed by atoms with Gasteiger partial charge in [0.2, 0.25) is 0 Å². The van der Waals surface area contributed by atoms with Gasteiger partial charge in [0.25, 0.3) is 0 Å². The van der Waals surface area contributed by atoms with Crippen molar-refractivity contribution < 1.29 is 26.5 Å². The monoisotopic (exact) mass is 227 g/mol. The van der Waals surface area contributed by atoms with Crippen molar-refractivity contribution in [2.75, 3.05) is 6.61 Å². The smallest absolute Gasteiger partial charge is 0.367 e. The molecule has 0 aliphatic rings. The normalized spacial score (nSPS) is 12.3. The molecule has 82 valence electrons. The fraction of sp³-hybridized carbons (Fsp3) is 0.429. The second kappa shape index (κ2) is 4.05. The van der Waals surface area contributed by atoms with Crippen LogP contribution in [0.15, 0.2) is 24.5 Å². The van der Waals surface area contributed by atoms with Gasteiger partial charge in [-0.05, 0) is 12.5 Å². The zero-order valence-electron chi connectivity index (χ0n) is 7.42. The maximum absolute atomic E-state index is 12.5. The number of rotatable bonds is 5. The Morgan fingerprint density at radius 3 is 2.21 bits per heavy atom. The summed E-state index contributed by atoms with van der Waals surface area (Å²) in [6.07, 6.45) is 0. The second-order valence-corrected chi connectivity index (χ2v) is 4.09. The lowest BCUT2D eigenvalue weighted by molar-refractivity contribution is 0.00491. The quantitative estimate of drug-likeness (QED) is 0.402. The van der Waals surface area contributed by atoms with Gasteiger partial charge in [-0.25, -0.2) is 8.42 Å². The maximum atomic E-state index is 12.5. The Kier molecular flexibility index (Phi) is 3.78. The molecule has 0 aliphatic heterocycles. The largest absolute Gasteiger partial charge is 0.743 e. The van der Waals surface area contributed by atoms with Crippen LogP contribution >= 0.6 is 0 Å². The number of hydrogen-bond donors (Lipinski definition) is 0. The lowest BCUT2D eigenvalue weighted by Gasteiger charge is -2.20. The van der Waals surface area contributed by atoms with Crippen LogP contribution in [0.2, 0.25) is 0 Å². The molecule has 0 bridgehead atoms. The van der Waals surface area contributed by atoms with Crippen LogP contribution in [0.4, 0.5) is 8.78 Å². The summed E-state index contributed by atoms with van der Waals surface area (Å²) in [5, 5.41) is -4.45. The van der Waals surface area contributed by atoms with Gasteiger partial charge in [-0.3, -0.25) is 0 Å². The summed E-state index contributed by atoms with van der Waals surface area (Å²) >= 11 is 0. The number of hydrogen-bond acceptors (Lipinski definition) is 4. The molecule has 0 saturated carbocycles. The molecule has 0 saturated heterocycles. The van der Waals surface area contributed by atoms with E-state index in [0.717, 1.165) is 0 Å². The van der Waals surface area contributed by atoms with E-state index in [1.54, 1.807) is 0 Å². The van der Waals surface area contributed by atoms with Crippen molar-refractivity contribution in [3.05, 3.63) is 24.5 Å². The van der Waals surface area contributed by atoms with Crippen molar-refractivity contribution in [3.8, 4) is 0 Å². The first-order valence-electron chi connectivity index (χ1n) is 3.39. The van der Waals surface area contributed by atoms with Crippen molar-refractivity contribution in [1.82, 2.24) is 0 Å². The van der Waals surface area contributed by atoms with Crippen molar-refractivity contribution in [2.45, 2.75) is 12.2 Å². The number of halogens is 2. The van der Waals surface area contributed by atoms with Gasteiger partial charge >= 0.3 is 5.25 Å². The zero-order chi connectivity index (χ0) is 11.6. The highest BCUT2D eigenvalue weighted by Gasteiger charge is 2.38. The van der Waals surface area contributed by atoms with Crippen LogP contribution in [-0.4, -0.2) is 24.8 Å². The van der Waals surface area contributed by atoms with Crippen LogP contribution in [0.5, 0.6) is 0 Å². The van der Waals surface area contributed by atoms with E-state index in [1.807, 2.05) is 0 Å². The molecule has 4 nitrogen and oxygen atoms in total. The van der Waals surface area contributed by atoms with Gasteiger partial charge in [-0.2, -0.15) is 8.78 Å². The third-order valence-electron chi connectivity index (χ3n) is 1.26. The van der Waals surface area contributed by atoms with Crippen LogP contribution in [0, 0.1) is 0 Å². The van der Waals surface area contributed by atoms with Crippen LogP contribution in [0.3, 0.4) is 0 Å². The molecular formula is C7H9F2O4S-. The predicted octanol–water partition coefficient (Wildman–Crippen LogP) is 1.23. The standard InChI is InChI=1S/C7H10F2O4S/c1-5(2)6(3)13-4-7(8,9)14(10,11)12/h1,3-4H2,2H3,(H,10,11,12)/p-1. The molecule has 0 rings (SSSR count). The molecule has 14 heavy (non-hydrogen) atoms. The van der Waals surface area contributed by atoms with E-state index < -0.39 is 22.0 Å². The van der Waals surface area contributed by atoms with Gasteiger partial charge in [-0.15, -0.1) is 0 Å². The van der Waals surface area contributed by atoms with Gasteiger partial charge in [0.05, 0.1) is 0 Å². The van der Waals surface area contributed by atoms with Gasteiger partial charge in [0.15, 0.2) is 16.7 Å². The summed E-state index contributed by atoms with van der Waals surface area (Å²) in [5.74, 6) is -0.187. The lowest BCUT2D eigenvalue weighted by Crippen LogP contribution is -2.33. The van der Waals surface area contributed by atoms with E-state index in [-0.39, 0.29) is 11.3 Å². The van der Waals surface area contributed by atoms with Gasteiger partial charge in [0.1, 0.15) is 5.76 Å². The highest BCUT2D eigenvalue weighted by Crippen LogP contribution is 2.22. The number of ether oxygens (including phenoxy) is 1. The molecule has 0 aromatic rings. The Labute approximate surface area is 80.6 Å². The minimum absolute atomic E-state index is 0.187. The van der Waals surface area contributed by atoms with Gasteiger partial charge in [0, 0.05) is 0 Å². The molecule has 0 atom stereocenters. The summed E-state index contributed by atoms with van der Waals surface area (Å²) in [5.41, 5.74) is 0.268. The molecular weight excluding hydrogens is 218 g/mol. The van der Waals surface area contributed by atoms with Gasteiger partial charge < -0.3 is 9.29 Å². The SMILES string of the molecule is C=C(C)C(=C)OCC(F)(F)S(=O)(=O)[O-]. The molecule has 0 radical (unpaired) electrons. The van der Waals surface area contributed by atoms with E-state index in [0.29, 0.717) is 0 Å². The van der Waals surface area contributed by atoms with E-state index in [9.17, 15) is 21.8 Å². The van der Waals surface area contributed by atoms with Crippen LogP contribution in [0.25, 0.3) is 0 Å². The minimum Gasteiger partial charge on any atom is -0.743 e. The Morgan fingerprint density at radius 2 is 1.93 bits per heavy atom. The molecule has 0 amide bonds. The van der Waals surface area contributed by atoms with Crippen molar-refractivity contribution in [2.24, 2.45) is 0 Å². The minimum atomic E-state index is -5.70. The predicted molar refractivity (Wildman–Crippen MR) is 44.6 cm³/mol. The molecule has 0 aromatic carbocycles. The Balaban J connectivity index is 4.42. The molecule has 0 aliphatic carbocycles. The summed E-state index contributed by atoms with van der Waals surface area (Å²) in [7, 11) is -5.70. The molecule has 0 N–H and O–H groups in total. The fourth-order valence-corrected chi connectivity index (χ4v) is 0.570. The first-order valence-corrected chi connectivity index (χ1v) is 4.79. The zero-order valence-corrected chi connectivity index (χ0v) is 8.23. The van der Waals surface area contributed by atoms with E-state index >= 15 is 0 Å². The summed E-state index contributed by atoms with van der Waals surface area (Å²) < 4.78 is 59.2. The molecule has 0 unspecified atom stereocenters. The maximum Gasteiger partial charge on any atom is 0.367 e. The van der Waals surface area contributed by atoms with E-state index in [4.69, 9.17) is 0 Å². The van der Waals surface area contributed by atoms with Crippen LogP contribution in [-0.2, 0) is 14.9 Å². The first-order chi connectivity index (χ1) is 6.08. The van der Waals surface area contributed by atoms with Crippen LogP contribution in [0.1, 0.15) is 6.92 Å². The van der Waals surface area contributed by atoms with Gasteiger partial charge in [-0.1, -0.05) is 13.2 Å². The molecule has 0 heterocycles. The summed E-state index contributed by atoms with van der Waals surface area (Å²) in [6.45, 7) is 6.39. The molecule has 7 heteroatoms. The number of allylic oxidation sites excluding steroid dienone is 1. The fourth-order valence-electron chi connectivity index (χ4n) is 0.367. The average Bonchev–Trinajstić information content (AvgIpc) is 1.97. The summed E-state index contributed by atoms with van der Waals surface area (Å²) in [6, 6.07) is 0. The molecule has 0 fully saturated rings. The highest BCUT2D eigenvalue weighted by atomic mass is 32.2. The third-order valence-corrected chi connectivity index (χ3v) is 2.11. The van der Waals surface area contributed by atoms with Crippen molar-refractivity contribution >= 4 is 10.1 Å². The third kappa shape index (κ3) is 3.43. The lowest BCUT2D eigenvalue weighted by atomic mass is 10.3. The Morgan fingerprint density at radius 1 is 1.50 bits per heavy atom. The molecule has 0 aromatic heterocycles. The van der Waals surface area contributed by atoms with Crippen molar-refractivity contribution in [3.63, 3.8) is 0 Å². The van der Waals surface area contributed by atoms with Crippen LogP contribution < -0.4 is 0 Å².